The van der Waals surface area contributed by atoms with Crippen molar-refractivity contribution in [2.75, 3.05) is 0 Å². The minimum atomic E-state index is -1.02. The van der Waals surface area contributed by atoms with Gasteiger partial charge in [0, 0.05) is 6.20 Å². The predicted octanol–water partition coefficient (Wildman–Crippen LogP) is 3.33. The first-order valence-corrected chi connectivity index (χ1v) is 12.9. The van der Waals surface area contributed by atoms with E-state index in [1.165, 1.54) is 0 Å². The normalized spacial score (nSPS) is 12.7. The summed E-state index contributed by atoms with van der Waals surface area (Å²) < 4.78 is 11.4. The Labute approximate surface area is 227 Å². The Morgan fingerprint density at radius 1 is 0.923 bits per heavy atom. The Morgan fingerprint density at radius 2 is 1.59 bits per heavy atom. The first kappa shape index (κ1) is 29.3. The van der Waals surface area contributed by atoms with Gasteiger partial charge >= 0.3 is 11.8 Å². The SMILES string of the molecule is CC(C)CC(NC(=O)OCc1ccccc1)C(=O)NC(CC(C)C)C(=O)c1nn(Cc2ccccn2)c(=O)o1. The standard InChI is InChI=1S/C28H35N5O6/c1-18(2)14-22(24(34)26-32-33(28(37)39-26)16-21-12-8-9-13-29-21)30-25(35)23(15-19(3)4)31-27(36)38-17-20-10-6-5-7-11-20/h5-13,18-19,22-23H,14-17H2,1-4H3,(H,30,35)(H,31,36). The van der Waals surface area contributed by atoms with E-state index in [9.17, 15) is 19.2 Å². The largest absolute Gasteiger partial charge is 0.445 e. The summed E-state index contributed by atoms with van der Waals surface area (Å²) in [6.45, 7) is 7.70. The van der Waals surface area contributed by atoms with Gasteiger partial charge in [-0.25, -0.2) is 9.59 Å². The van der Waals surface area contributed by atoms with Crippen molar-refractivity contribution in [2.24, 2.45) is 11.8 Å². The van der Waals surface area contributed by atoms with Crippen molar-refractivity contribution in [3.63, 3.8) is 0 Å². The smallest absolute Gasteiger partial charge is 0.437 e. The Kier molecular flexibility index (Phi) is 10.5. The summed E-state index contributed by atoms with van der Waals surface area (Å²) in [5.74, 6) is -2.31. The summed E-state index contributed by atoms with van der Waals surface area (Å²) in [5.41, 5.74) is 1.38. The molecule has 11 nitrogen and oxygen atoms in total. The minimum absolute atomic E-state index is 0.0222. The van der Waals surface area contributed by atoms with Crippen molar-refractivity contribution < 1.29 is 23.5 Å². The third kappa shape index (κ3) is 9.20. The Bertz CT molecular complexity index is 1290. The Hall–Kier alpha value is -4.28. The van der Waals surface area contributed by atoms with E-state index in [-0.39, 0.29) is 31.4 Å². The lowest BCUT2D eigenvalue weighted by Gasteiger charge is -2.24. The summed E-state index contributed by atoms with van der Waals surface area (Å²) in [6, 6.07) is 12.4. The van der Waals surface area contributed by atoms with Gasteiger partial charge in [-0.15, -0.1) is 5.10 Å². The van der Waals surface area contributed by atoms with Gasteiger partial charge in [0.1, 0.15) is 12.6 Å². The lowest BCUT2D eigenvalue weighted by molar-refractivity contribution is -0.124. The summed E-state index contributed by atoms with van der Waals surface area (Å²) in [7, 11) is 0. The van der Waals surface area contributed by atoms with E-state index in [1.807, 2.05) is 58.0 Å². The molecular formula is C28H35N5O6. The molecule has 3 aromatic rings. The van der Waals surface area contributed by atoms with E-state index < -0.39 is 41.5 Å². The molecule has 11 heteroatoms. The van der Waals surface area contributed by atoms with Gasteiger partial charge in [-0.1, -0.05) is 64.1 Å². The maximum atomic E-state index is 13.3. The number of ketones is 1. The number of nitrogens with one attached hydrogen (secondary N) is 2. The number of carbonyl (C=O) groups is 3. The molecule has 0 fully saturated rings. The number of carbonyl (C=O) groups excluding carboxylic acids is 3. The van der Waals surface area contributed by atoms with Crippen molar-refractivity contribution >= 4 is 17.8 Å². The number of alkyl carbamates (subject to hydrolysis) is 1. The topological polar surface area (TPSA) is 145 Å². The molecule has 3 rings (SSSR count). The fraction of sp³-hybridized carbons (Fsp3) is 0.429. The maximum absolute atomic E-state index is 13.3. The monoisotopic (exact) mass is 537 g/mol. The van der Waals surface area contributed by atoms with Crippen molar-refractivity contribution in [1.29, 1.82) is 0 Å². The van der Waals surface area contributed by atoms with Crippen LogP contribution in [0, 0.1) is 11.8 Å². The molecule has 2 N–H and O–H groups in total. The van der Waals surface area contributed by atoms with Gasteiger partial charge in [0.25, 0.3) is 5.89 Å². The quantitative estimate of drug-likeness (QED) is 0.316. The van der Waals surface area contributed by atoms with E-state index >= 15 is 0 Å². The van der Waals surface area contributed by atoms with Gasteiger partial charge in [0.15, 0.2) is 0 Å². The first-order chi connectivity index (χ1) is 18.6. The molecule has 2 atom stereocenters. The summed E-state index contributed by atoms with van der Waals surface area (Å²) in [5, 5.41) is 9.38. The van der Waals surface area contributed by atoms with Crippen LogP contribution in [0.25, 0.3) is 0 Å². The number of pyridine rings is 1. The van der Waals surface area contributed by atoms with Crippen LogP contribution in [0.5, 0.6) is 0 Å². The van der Waals surface area contributed by atoms with Crippen LogP contribution in [0.3, 0.4) is 0 Å². The van der Waals surface area contributed by atoms with Crippen LogP contribution in [0.1, 0.15) is 62.5 Å². The second kappa shape index (κ2) is 14.0. The van der Waals surface area contributed by atoms with Crippen LogP contribution in [-0.4, -0.2) is 44.6 Å². The number of nitrogens with zero attached hydrogens (tertiary/aromatic N) is 3. The van der Waals surface area contributed by atoms with Crippen molar-refractivity contribution in [3.8, 4) is 0 Å². The number of rotatable bonds is 13. The summed E-state index contributed by atoms with van der Waals surface area (Å²) in [6.07, 6.45) is 1.43. The second-order valence-electron chi connectivity index (χ2n) is 10.1. The molecule has 0 saturated carbocycles. The zero-order valence-corrected chi connectivity index (χ0v) is 22.6. The first-order valence-electron chi connectivity index (χ1n) is 12.9. The molecule has 2 unspecified atom stereocenters. The van der Waals surface area contributed by atoms with E-state index in [0.717, 1.165) is 10.2 Å². The van der Waals surface area contributed by atoms with E-state index in [0.29, 0.717) is 12.1 Å². The van der Waals surface area contributed by atoms with Crippen molar-refractivity contribution in [1.82, 2.24) is 25.4 Å². The maximum Gasteiger partial charge on any atom is 0.437 e. The highest BCUT2D eigenvalue weighted by Crippen LogP contribution is 2.12. The third-order valence-electron chi connectivity index (χ3n) is 5.72. The number of hydrogen-bond acceptors (Lipinski definition) is 8. The number of aromatic nitrogens is 3. The van der Waals surface area contributed by atoms with Crippen molar-refractivity contribution in [3.05, 3.63) is 82.4 Å². The molecule has 0 saturated heterocycles. The van der Waals surface area contributed by atoms with Gasteiger partial charge in [-0.05, 0) is 42.4 Å². The van der Waals surface area contributed by atoms with Gasteiger partial charge < -0.3 is 19.8 Å². The third-order valence-corrected chi connectivity index (χ3v) is 5.72. The molecule has 208 valence electrons. The highest BCUT2D eigenvalue weighted by molar-refractivity contribution is 5.99. The highest BCUT2D eigenvalue weighted by Gasteiger charge is 2.31. The predicted molar refractivity (Wildman–Crippen MR) is 143 cm³/mol. The molecule has 0 radical (unpaired) electrons. The molecule has 2 heterocycles. The molecule has 2 amide bonds. The van der Waals surface area contributed by atoms with E-state index in [2.05, 4.69) is 20.7 Å². The van der Waals surface area contributed by atoms with Crippen molar-refractivity contribution in [2.45, 2.75) is 65.8 Å². The zero-order valence-electron chi connectivity index (χ0n) is 22.6. The van der Waals surface area contributed by atoms with E-state index in [4.69, 9.17) is 9.15 Å². The molecular weight excluding hydrogens is 502 g/mol. The molecule has 0 aliphatic carbocycles. The number of ether oxygens (including phenoxy) is 1. The number of Topliss-reactive ketones (excluding diaryl/α,β-unsaturated/α-hetero) is 1. The Morgan fingerprint density at radius 3 is 2.23 bits per heavy atom. The van der Waals surface area contributed by atoms with Crippen LogP contribution >= 0.6 is 0 Å². The van der Waals surface area contributed by atoms with Crippen LogP contribution in [-0.2, 0) is 22.7 Å². The molecule has 39 heavy (non-hydrogen) atoms. The van der Waals surface area contributed by atoms with E-state index in [1.54, 1.807) is 24.4 Å². The molecule has 2 aromatic heterocycles. The lowest BCUT2D eigenvalue weighted by Crippen LogP contribution is -2.52. The van der Waals surface area contributed by atoms with Gasteiger partial charge in [0.2, 0.25) is 11.7 Å². The summed E-state index contributed by atoms with van der Waals surface area (Å²) >= 11 is 0. The average Bonchev–Trinajstić information content (AvgIpc) is 3.26. The van der Waals surface area contributed by atoms with Crippen LogP contribution < -0.4 is 16.4 Å². The zero-order chi connectivity index (χ0) is 28.4. The molecule has 0 aliphatic rings. The molecule has 0 bridgehead atoms. The molecule has 1 aromatic carbocycles. The van der Waals surface area contributed by atoms with Gasteiger partial charge in [0.05, 0.1) is 18.3 Å². The Balaban J connectivity index is 1.71. The molecule has 0 aliphatic heterocycles. The van der Waals surface area contributed by atoms with Crippen LogP contribution in [0.15, 0.2) is 63.9 Å². The van der Waals surface area contributed by atoms with Gasteiger partial charge in [-0.3, -0.25) is 14.6 Å². The number of benzene rings is 1. The number of hydrogen-bond donors (Lipinski definition) is 2. The fourth-order valence-corrected chi connectivity index (χ4v) is 3.89. The van der Waals surface area contributed by atoms with Crippen LogP contribution in [0.2, 0.25) is 0 Å². The fourth-order valence-electron chi connectivity index (χ4n) is 3.89. The second-order valence-corrected chi connectivity index (χ2v) is 10.1. The number of amides is 2. The minimum Gasteiger partial charge on any atom is -0.445 e. The molecule has 0 spiro atoms. The summed E-state index contributed by atoms with van der Waals surface area (Å²) in [4.78, 5) is 55.5. The van der Waals surface area contributed by atoms with Crippen LogP contribution in [0.4, 0.5) is 4.79 Å². The average molecular weight is 538 g/mol. The lowest BCUT2D eigenvalue weighted by atomic mass is 9.98. The van der Waals surface area contributed by atoms with Gasteiger partial charge in [-0.2, -0.15) is 4.68 Å². The highest BCUT2D eigenvalue weighted by atomic mass is 16.5.